The first-order chi connectivity index (χ1) is 14.0. The Morgan fingerprint density at radius 2 is 1.90 bits per heavy atom. The van der Waals surface area contributed by atoms with Crippen LogP contribution in [-0.2, 0) is 9.57 Å². The van der Waals surface area contributed by atoms with Crippen LogP contribution in [0.3, 0.4) is 0 Å². The summed E-state index contributed by atoms with van der Waals surface area (Å²) in [6, 6.07) is 10.9. The van der Waals surface area contributed by atoms with Crippen molar-refractivity contribution >= 4 is 23.3 Å². The molecule has 2 aromatic rings. The number of rotatable bonds is 7. The number of benzene rings is 2. The Kier molecular flexibility index (Phi) is 6.35. The maximum Gasteiger partial charge on any atom is 0.293 e. The summed E-state index contributed by atoms with van der Waals surface area (Å²) in [7, 11) is 0. The highest BCUT2D eigenvalue weighted by Crippen LogP contribution is 2.29. The lowest BCUT2D eigenvalue weighted by Crippen LogP contribution is -2.36. The minimum atomic E-state index is -0.520. The highest BCUT2D eigenvalue weighted by atomic mass is 16.6. The highest BCUT2D eigenvalue weighted by Gasteiger charge is 2.21. The normalized spacial score (nSPS) is 15.3. The zero-order valence-corrected chi connectivity index (χ0v) is 15.8. The third-order valence-electron chi connectivity index (χ3n) is 4.52. The van der Waals surface area contributed by atoms with Gasteiger partial charge in [-0.15, -0.1) is 0 Å². The van der Waals surface area contributed by atoms with Crippen LogP contribution >= 0.6 is 0 Å². The van der Waals surface area contributed by atoms with E-state index in [0.717, 1.165) is 0 Å². The number of morpholine rings is 1. The molecule has 29 heavy (non-hydrogen) atoms. The van der Waals surface area contributed by atoms with Gasteiger partial charge >= 0.3 is 0 Å². The van der Waals surface area contributed by atoms with Crippen LogP contribution in [0.5, 0.6) is 0 Å². The number of ether oxygens (including phenoxy) is 1. The van der Waals surface area contributed by atoms with E-state index >= 15 is 0 Å². The van der Waals surface area contributed by atoms with E-state index in [1.54, 1.807) is 31.2 Å². The molecule has 0 saturated carbocycles. The minimum Gasteiger partial charge on any atom is -0.388 e. The van der Waals surface area contributed by atoms with E-state index in [1.807, 2.05) is 4.90 Å². The van der Waals surface area contributed by atoms with Crippen LogP contribution in [0, 0.1) is 20.2 Å². The number of hydrogen-bond acceptors (Lipinski definition) is 8. The van der Waals surface area contributed by atoms with Gasteiger partial charge in [-0.3, -0.25) is 20.2 Å². The van der Waals surface area contributed by atoms with Crippen molar-refractivity contribution in [2.75, 3.05) is 31.2 Å². The third kappa shape index (κ3) is 5.05. The highest BCUT2D eigenvalue weighted by molar-refractivity contribution is 5.83. The molecule has 0 aliphatic carbocycles. The molecule has 0 bridgehead atoms. The molecular formula is C19H20N4O6. The van der Waals surface area contributed by atoms with Gasteiger partial charge in [0, 0.05) is 42.4 Å². The largest absolute Gasteiger partial charge is 0.388 e. The van der Waals surface area contributed by atoms with Crippen molar-refractivity contribution in [3.8, 4) is 0 Å². The molecule has 0 aromatic heterocycles. The third-order valence-corrected chi connectivity index (χ3v) is 4.52. The first kappa shape index (κ1) is 20.2. The number of nitro benzene ring substituents is 2. The SMILES string of the molecule is C[C@H](O/N=C\c1ccc(N2CCOCC2)c([N+](=O)[O-])c1)c1cccc([N+](=O)[O-])c1. The summed E-state index contributed by atoms with van der Waals surface area (Å²) < 4.78 is 5.29. The Morgan fingerprint density at radius 3 is 2.59 bits per heavy atom. The molecule has 0 spiro atoms. The lowest BCUT2D eigenvalue weighted by atomic mass is 10.1. The number of oxime groups is 1. The van der Waals surface area contributed by atoms with Crippen molar-refractivity contribution < 1.29 is 19.4 Å². The van der Waals surface area contributed by atoms with E-state index < -0.39 is 16.0 Å². The van der Waals surface area contributed by atoms with Crippen molar-refractivity contribution in [1.82, 2.24) is 0 Å². The summed E-state index contributed by atoms with van der Waals surface area (Å²) in [5, 5.41) is 26.2. The second kappa shape index (κ2) is 9.11. The fraction of sp³-hybridized carbons (Fsp3) is 0.316. The Morgan fingerprint density at radius 1 is 1.14 bits per heavy atom. The van der Waals surface area contributed by atoms with E-state index in [4.69, 9.17) is 9.57 Å². The van der Waals surface area contributed by atoms with E-state index in [9.17, 15) is 20.2 Å². The predicted molar refractivity (Wildman–Crippen MR) is 106 cm³/mol. The summed E-state index contributed by atoms with van der Waals surface area (Å²) >= 11 is 0. The van der Waals surface area contributed by atoms with Gasteiger partial charge in [0.1, 0.15) is 11.8 Å². The molecule has 1 fully saturated rings. The van der Waals surface area contributed by atoms with Crippen molar-refractivity contribution in [3.63, 3.8) is 0 Å². The molecule has 1 atom stereocenters. The van der Waals surface area contributed by atoms with Gasteiger partial charge in [-0.05, 0) is 13.0 Å². The Hall–Kier alpha value is -3.53. The molecule has 10 nitrogen and oxygen atoms in total. The van der Waals surface area contributed by atoms with Gasteiger partial charge in [-0.2, -0.15) is 0 Å². The number of non-ortho nitro benzene ring substituents is 1. The molecular weight excluding hydrogens is 380 g/mol. The van der Waals surface area contributed by atoms with Gasteiger partial charge in [0.15, 0.2) is 0 Å². The molecule has 152 valence electrons. The Balaban J connectivity index is 1.71. The Labute approximate surface area is 166 Å². The average molecular weight is 400 g/mol. The summed E-state index contributed by atoms with van der Waals surface area (Å²) in [5.74, 6) is 0. The molecule has 1 aliphatic rings. The van der Waals surface area contributed by atoms with Crippen molar-refractivity contribution in [2.45, 2.75) is 13.0 Å². The number of nitro groups is 2. The molecule has 0 N–H and O–H groups in total. The van der Waals surface area contributed by atoms with E-state index in [2.05, 4.69) is 5.16 Å². The number of nitrogens with zero attached hydrogens (tertiary/aromatic N) is 4. The van der Waals surface area contributed by atoms with Gasteiger partial charge in [0.05, 0.1) is 29.3 Å². The second-order valence-corrected chi connectivity index (χ2v) is 6.44. The molecule has 2 aromatic carbocycles. The molecule has 3 rings (SSSR count). The van der Waals surface area contributed by atoms with E-state index in [0.29, 0.717) is 43.1 Å². The van der Waals surface area contributed by atoms with Crippen LogP contribution in [0.2, 0.25) is 0 Å². The van der Waals surface area contributed by atoms with E-state index in [-0.39, 0.29) is 11.4 Å². The fourth-order valence-corrected chi connectivity index (χ4v) is 2.97. The van der Waals surface area contributed by atoms with Crippen LogP contribution in [-0.4, -0.2) is 42.4 Å². The minimum absolute atomic E-state index is 0.0115. The van der Waals surface area contributed by atoms with Gasteiger partial charge in [0.25, 0.3) is 11.4 Å². The summed E-state index contributed by atoms with van der Waals surface area (Å²) in [6.45, 7) is 3.96. The lowest BCUT2D eigenvalue weighted by molar-refractivity contribution is -0.385. The van der Waals surface area contributed by atoms with Crippen molar-refractivity contribution in [1.29, 1.82) is 0 Å². The van der Waals surface area contributed by atoms with Crippen molar-refractivity contribution in [3.05, 3.63) is 73.8 Å². The van der Waals surface area contributed by atoms with Crippen LogP contribution in [0.1, 0.15) is 24.2 Å². The molecule has 1 heterocycles. The standard InChI is InChI=1S/C19H20N4O6/c1-14(16-3-2-4-17(12-16)22(24)25)29-20-13-15-5-6-18(19(11-15)23(26)27)21-7-9-28-10-8-21/h2-6,11-14H,7-10H2,1H3/b20-13-/t14-/m0/s1. The van der Waals surface area contributed by atoms with Gasteiger partial charge in [-0.25, -0.2) is 0 Å². The van der Waals surface area contributed by atoms with Crippen LogP contribution < -0.4 is 4.90 Å². The molecule has 10 heteroatoms. The van der Waals surface area contributed by atoms with Gasteiger partial charge in [-0.1, -0.05) is 23.4 Å². The predicted octanol–water partition coefficient (Wildman–Crippen LogP) is 3.45. The molecule has 0 unspecified atom stereocenters. The smallest absolute Gasteiger partial charge is 0.293 e. The topological polar surface area (TPSA) is 120 Å². The summed E-state index contributed by atoms with van der Waals surface area (Å²) in [6.07, 6.45) is 0.859. The van der Waals surface area contributed by atoms with Gasteiger partial charge in [0.2, 0.25) is 0 Å². The quantitative estimate of drug-likeness (QED) is 0.396. The zero-order valence-electron chi connectivity index (χ0n) is 15.8. The fourth-order valence-electron chi connectivity index (χ4n) is 2.97. The number of hydrogen-bond donors (Lipinski definition) is 0. The van der Waals surface area contributed by atoms with Crippen LogP contribution in [0.4, 0.5) is 17.1 Å². The zero-order chi connectivity index (χ0) is 20.8. The number of anilines is 1. The molecule has 1 saturated heterocycles. The second-order valence-electron chi connectivity index (χ2n) is 6.44. The van der Waals surface area contributed by atoms with Gasteiger partial charge < -0.3 is 14.5 Å². The van der Waals surface area contributed by atoms with E-state index in [1.165, 1.54) is 24.4 Å². The van der Waals surface area contributed by atoms with Crippen LogP contribution in [0.15, 0.2) is 47.6 Å². The first-order valence-corrected chi connectivity index (χ1v) is 9.00. The monoisotopic (exact) mass is 400 g/mol. The summed E-state index contributed by atoms with van der Waals surface area (Å²) in [5.41, 5.74) is 1.62. The maximum atomic E-state index is 11.5. The van der Waals surface area contributed by atoms with Crippen molar-refractivity contribution in [2.24, 2.45) is 5.16 Å². The molecule has 1 aliphatic heterocycles. The Bertz CT molecular complexity index is 927. The summed E-state index contributed by atoms with van der Waals surface area (Å²) in [4.78, 5) is 28.7. The maximum absolute atomic E-state index is 11.5. The average Bonchev–Trinajstić information content (AvgIpc) is 2.74. The lowest BCUT2D eigenvalue weighted by Gasteiger charge is -2.28. The van der Waals surface area contributed by atoms with Crippen LogP contribution in [0.25, 0.3) is 0 Å². The molecule has 0 amide bonds. The first-order valence-electron chi connectivity index (χ1n) is 9.00. The molecule has 0 radical (unpaired) electrons.